The number of halogens is 2. The van der Waals surface area contributed by atoms with Crippen LogP contribution in [0.3, 0.4) is 0 Å². The van der Waals surface area contributed by atoms with Gasteiger partial charge in [0.05, 0.1) is 0 Å². The van der Waals surface area contributed by atoms with Gasteiger partial charge in [-0.15, -0.1) is 0 Å². The van der Waals surface area contributed by atoms with Gasteiger partial charge in [0.2, 0.25) is 0 Å². The monoisotopic (exact) mass is 303 g/mol. The molecule has 1 unspecified atom stereocenters. The van der Waals surface area contributed by atoms with E-state index in [1.165, 1.54) is 6.07 Å². The van der Waals surface area contributed by atoms with E-state index in [1.807, 2.05) is 0 Å². The van der Waals surface area contributed by atoms with Gasteiger partial charge >= 0.3 is 5.97 Å². The summed E-state index contributed by atoms with van der Waals surface area (Å²) in [5, 5.41) is 11.9. The number of hydrogen-bond donors (Lipinski definition) is 2. The molecule has 0 amide bonds. The Morgan fingerprint density at radius 3 is 2.71 bits per heavy atom. The molecule has 0 aromatic heterocycles. The lowest BCUT2D eigenvalue weighted by atomic mass is 9.99. The summed E-state index contributed by atoms with van der Waals surface area (Å²) in [4.78, 5) is 11.0. The molecular weight excluding hydrogens is 289 g/mol. The molecule has 1 rings (SSSR count). The summed E-state index contributed by atoms with van der Waals surface area (Å²) >= 11 is 3.17. The molecule has 0 aliphatic heterocycles. The van der Waals surface area contributed by atoms with Crippen LogP contribution in [0.4, 0.5) is 4.39 Å². The summed E-state index contributed by atoms with van der Waals surface area (Å²) in [6.45, 7) is 3.56. The van der Waals surface area contributed by atoms with E-state index in [4.69, 9.17) is 5.11 Å². The van der Waals surface area contributed by atoms with E-state index in [1.54, 1.807) is 26.0 Å². The maximum Gasteiger partial charge on any atom is 0.323 e. The molecular formula is C12H15BrFNO2. The fourth-order valence-corrected chi connectivity index (χ4v) is 1.64. The lowest BCUT2D eigenvalue weighted by Crippen LogP contribution is -2.48. The number of rotatable bonds is 5. The van der Waals surface area contributed by atoms with E-state index in [0.717, 1.165) is 0 Å². The van der Waals surface area contributed by atoms with Gasteiger partial charge in [0.1, 0.15) is 11.4 Å². The van der Waals surface area contributed by atoms with Crippen LogP contribution in [-0.4, -0.2) is 16.6 Å². The van der Waals surface area contributed by atoms with Gasteiger partial charge in [-0.05, 0) is 25.5 Å². The molecule has 2 N–H and O–H groups in total. The van der Waals surface area contributed by atoms with Gasteiger partial charge in [-0.25, -0.2) is 4.39 Å². The number of aliphatic carboxylic acids is 1. The second-order valence-electron chi connectivity index (χ2n) is 4.08. The highest BCUT2D eigenvalue weighted by Crippen LogP contribution is 2.17. The number of hydrogen-bond acceptors (Lipinski definition) is 2. The Morgan fingerprint density at radius 2 is 2.24 bits per heavy atom. The topological polar surface area (TPSA) is 49.3 Å². The molecule has 0 bridgehead atoms. The van der Waals surface area contributed by atoms with Crippen molar-refractivity contribution in [3.63, 3.8) is 0 Å². The third-order valence-electron chi connectivity index (χ3n) is 2.86. The van der Waals surface area contributed by atoms with Gasteiger partial charge in [-0.2, -0.15) is 0 Å². The van der Waals surface area contributed by atoms with Crippen molar-refractivity contribution in [3.05, 3.63) is 34.1 Å². The third kappa shape index (κ3) is 3.51. The largest absolute Gasteiger partial charge is 0.480 e. The zero-order valence-corrected chi connectivity index (χ0v) is 11.3. The van der Waals surface area contributed by atoms with Gasteiger partial charge in [-0.3, -0.25) is 10.1 Å². The minimum Gasteiger partial charge on any atom is -0.480 e. The second kappa shape index (κ2) is 5.60. The zero-order valence-electron chi connectivity index (χ0n) is 9.76. The summed E-state index contributed by atoms with van der Waals surface area (Å²) in [5.74, 6) is -1.28. The molecule has 0 heterocycles. The quantitative estimate of drug-likeness (QED) is 0.879. The van der Waals surface area contributed by atoms with Crippen LogP contribution in [0.15, 0.2) is 22.7 Å². The molecule has 1 atom stereocenters. The van der Waals surface area contributed by atoms with Gasteiger partial charge in [0, 0.05) is 16.6 Å². The van der Waals surface area contributed by atoms with Gasteiger partial charge in [0.15, 0.2) is 0 Å². The molecule has 94 valence electrons. The van der Waals surface area contributed by atoms with Crippen LogP contribution in [-0.2, 0) is 11.3 Å². The lowest BCUT2D eigenvalue weighted by molar-refractivity contribution is -0.144. The van der Waals surface area contributed by atoms with Crippen LogP contribution in [0.1, 0.15) is 25.8 Å². The summed E-state index contributed by atoms with van der Waals surface area (Å²) in [5.41, 5.74) is -0.575. The van der Waals surface area contributed by atoms with Crippen LogP contribution in [0.5, 0.6) is 0 Å². The SMILES string of the molecule is CCC(C)(NCc1ccc(Br)cc1F)C(=O)O. The molecule has 3 nitrogen and oxygen atoms in total. The van der Waals surface area contributed by atoms with E-state index in [0.29, 0.717) is 16.5 Å². The third-order valence-corrected chi connectivity index (χ3v) is 3.36. The molecule has 1 aromatic carbocycles. The molecule has 0 spiro atoms. The summed E-state index contributed by atoms with van der Waals surface area (Å²) in [7, 11) is 0. The van der Waals surface area contributed by atoms with Crippen molar-refractivity contribution in [3.8, 4) is 0 Å². The number of carboxylic acids is 1. The van der Waals surface area contributed by atoms with Crippen molar-refractivity contribution in [2.75, 3.05) is 0 Å². The molecule has 0 aliphatic carbocycles. The van der Waals surface area contributed by atoms with Gasteiger partial charge in [-0.1, -0.05) is 28.9 Å². The van der Waals surface area contributed by atoms with E-state index < -0.39 is 11.5 Å². The Kier molecular flexibility index (Phi) is 4.65. The van der Waals surface area contributed by atoms with Gasteiger partial charge < -0.3 is 5.11 Å². The summed E-state index contributed by atoms with van der Waals surface area (Å²) in [6, 6.07) is 4.72. The Morgan fingerprint density at radius 1 is 1.59 bits per heavy atom. The standard InChI is InChI=1S/C12H15BrFNO2/c1-3-12(2,11(16)17)15-7-8-4-5-9(13)6-10(8)14/h4-6,15H,3,7H2,1-2H3,(H,16,17). The summed E-state index contributed by atoms with van der Waals surface area (Å²) < 4.78 is 14.2. The maximum atomic E-state index is 13.5. The first kappa shape index (κ1) is 14.1. The first-order valence-electron chi connectivity index (χ1n) is 5.31. The Hall–Kier alpha value is -0.940. The van der Waals surface area contributed by atoms with Crippen LogP contribution < -0.4 is 5.32 Å². The predicted molar refractivity (Wildman–Crippen MR) is 67.3 cm³/mol. The first-order valence-corrected chi connectivity index (χ1v) is 6.10. The maximum absolute atomic E-state index is 13.5. The highest BCUT2D eigenvalue weighted by Gasteiger charge is 2.30. The van der Waals surface area contributed by atoms with Crippen molar-refractivity contribution in [2.24, 2.45) is 0 Å². The van der Waals surface area contributed by atoms with Crippen LogP contribution in [0.2, 0.25) is 0 Å². The van der Waals surface area contributed by atoms with Crippen molar-refractivity contribution in [2.45, 2.75) is 32.4 Å². The molecule has 0 saturated heterocycles. The van der Waals surface area contributed by atoms with E-state index >= 15 is 0 Å². The van der Waals surface area contributed by atoms with Crippen LogP contribution in [0.25, 0.3) is 0 Å². The molecule has 0 radical (unpaired) electrons. The highest BCUT2D eigenvalue weighted by atomic mass is 79.9. The molecule has 0 saturated carbocycles. The smallest absolute Gasteiger partial charge is 0.323 e. The minimum absolute atomic E-state index is 0.190. The van der Waals surface area contributed by atoms with Crippen molar-refractivity contribution in [1.29, 1.82) is 0 Å². The number of carboxylic acid groups (broad SMARTS) is 1. The normalized spacial score (nSPS) is 14.4. The fraction of sp³-hybridized carbons (Fsp3) is 0.417. The van der Waals surface area contributed by atoms with E-state index in [-0.39, 0.29) is 12.4 Å². The average Bonchev–Trinajstić information content (AvgIpc) is 2.27. The van der Waals surface area contributed by atoms with E-state index in [9.17, 15) is 9.18 Å². The number of benzene rings is 1. The molecule has 17 heavy (non-hydrogen) atoms. The lowest BCUT2D eigenvalue weighted by Gasteiger charge is -2.24. The van der Waals surface area contributed by atoms with E-state index in [2.05, 4.69) is 21.2 Å². The molecule has 5 heteroatoms. The van der Waals surface area contributed by atoms with Crippen molar-refractivity contribution < 1.29 is 14.3 Å². The fourth-order valence-electron chi connectivity index (χ4n) is 1.31. The number of carbonyl (C=O) groups is 1. The average molecular weight is 304 g/mol. The van der Waals surface area contributed by atoms with Crippen LogP contribution in [0, 0.1) is 5.82 Å². The second-order valence-corrected chi connectivity index (χ2v) is 5.00. The van der Waals surface area contributed by atoms with Crippen LogP contribution >= 0.6 is 15.9 Å². The zero-order chi connectivity index (χ0) is 13.1. The Labute approximate surface area is 108 Å². The first-order chi connectivity index (χ1) is 7.89. The van der Waals surface area contributed by atoms with Gasteiger partial charge in [0.25, 0.3) is 0 Å². The highest BCUT2D eigenvalue weighted by molar-refractivity contribution is 9.10. The molecule has 0 aliphatic rings. The molecule has 0 fully saturated rings. The van der Waals surface area contributed by atoms with Crippen molar-refractivity contribution >= 4 is 21.9 Å². The van der Waals surface area contributed by atoms with Crippen molar-refractivity contribution in [1.82, 2.24) is 5.32 Å². The minimum atomic E-state index is -1.03. The Balaban J connectivity index is 2.76. The predicted octanol–water partition coefficient (Wildman–Crippen LogP) is 2.93. The Bertz CT molecular complexity index is 425. The number of nitrogens with one attached hydrogen (secondary N) is 1. The summed E-state index contributed by atoms with van der Waals surface area (Å²) in [6.07, 6.45) is 0.431. The molecule has 1 aromatic rings.